The van der Waals surface area contributed by atoms with Crippen molar-refractivity contribution in [3.63, 3.8) is 0 Å². The molecule has 0 spiro atoms. The van der Waals surface area contributed by atoms with Gasteiger partial charge in [0.05, 0.1) is 37.6 Å². The molecule has 0 aromatic rings. The summed E-state index contributed by atoms with van der Waals surface area (Å²) in [7, 11) is 0. The quantitative estimate of drug-likeness (QED) is 0.261. The number of hydrogen-bond donors (Lipinski definition) is 6. The van der Waals surface area contributed by atoms with Crippen molar-refractivity contribution in [2.75, 3.05) is 26.4 Å². The van der Waals surface area contributed by atoms with Crippen LogP contribution in [0.5, 0.6) is 0 Å². The molecule has 8 atom stereocenters. The van der Waals surface area contributed by atoms with Crippen LogP contribution in [-0.4, -0.2) is 101 Å². The summed E-state index contributed by atoms with van der Waals surface area (Å²) in [5.41, 5.74) is 5.39. The van der Waals surface area contributed by atoms with E-state index in [0.717, 1.165) is 0 Å². The Morgan fingerprint density at radius 3 is 2.32 bits per heavy atom. The lowest BCUT2D eigenvalue weighted by Gasteiger charge is -2.43. The van der Waals surface area contributed by atoms with Crippen molar-refractivity contribution in [1.29, 1.82) is 0 Å². The van der Waals surface area contributed by atoms with Crippen LogP contribution in [0.15, 0.2) is 0 Å². The lowest BCUT2D eigenvalue weighted by molar-refractivity contribution is -0.328. The Kier molecular flexibility index (Phi) is 8.42. The van der Waals surface area contributed by atoms with Gasteiger partial charge in [-0.3, -0.25) is 0 Å². The van der Waals surface area contributed by atoms with Gasteiger partial charge in [0.2, 0.25) is 0 Å². The zero-order valence-corrected chi connectivity index (χ0v) is 14.0. The SMILES string of the molecule is NCCO[C@H]1O[C@H](CCO)C[C@H](O[C@H]2O[C@H](CO)C[C@H](O)[C@@H]2O)[C@@H]1O. The smallest absolute Gasteiger partial charge is 0.186 e. The number of aliphatic hydroxyl groups is 5. The third-order valence-corrected chi connectivity index (χ3v) is 4.35. The van der Waals surface area contributed by atoms with E-state index in [1.165, 1.54) is 0 Å². The Hall–Kier alpha value is -0.400. The molecule has 25 heavy (non-hydrogen) atoms. The molecule has 0 amide bonds. The number of rotatable bonds is 8. The van der Waals surface area contributed by atoms with Gasteiger partial charge in [0.1, 0.15) is 12.2 Å². The highest BCUT2D eigenvalue weighted by atomic mass is 16.7. The summed E-state index contributed by atoms with van der Waals surface area (Å²) in [6, 6.07) is 0. The average molecular weight is 367 g/mol. The number of ether oxygens (including phenoxy) is 4. The minimum Gasteiger partial charge on any atom is -0.396 e. The van der Waals surface area contributed by atoms with Crippen molar-refractivity contribution < 1.29 is 44.5 Å². The molecule has 0 saturated carbocycles. The molecule has 10 heteroatoms. The van der Waals surface area contributed by atoms with Gasteiger partial charge in [-0.05, 0) is 6.42 Å². The van der Waals surface area contributed by atoms with Crippen LogP contribution in [0.25, 0.3) is 0 Å². The summed E-state index contributed by atoms with van der Waals surface area (Å²) in [6.07, 6.45) is -7.00. The largest absolute Gasteiger partial charge is 0.396 e. The fourth-order valence-electron chi connectivity index (χ4n) is 3.01. The molecule has 2 heterocycles. The van der Waals surface area contributed by atoms with Gasteiger partial charge in [-0.15, -0.1) is 0 Å². The fourth-order valence-corrected chi connectivity index (χ4v) is 3.01. The molecule has 2 saturated heterocycles. The second-order valence-electron chi connectivity index (χ2n) is 6.30. The molecule has 2 aliphatic rings. The van der Waals surface area contributed by atoms with E-state index in [2.05, 4.69) is 0 Å². The summed E-state index contributed by atoms with van der Waals surface area (Å²) in [6.45, 7) is -0.00791. The van der Waals surface area contributed by atoms with E-state index in [9.17, 15) is 20.4 Å². The maximum atomic E-state index is 10.4. The second-order valence-corrected chi connectivity index (χ2v) is 6.30. The zero-order chi connectivity index (χ0) is 18.4. The first-order chi connectivity index (χ1) is 12.0. The predicted molar refractivity (Wildman–Crippen MR) is 83.2 cm³/mol. The van der Waals surface area contributed by atoms with Crippen LogP contribution in [0.2, 0.25) is 0 Å². The monoisotopic (exact) mass is 367 g/mol. The molecule has 0 bridgehead atoms. The summed E-state index contributed by atoms with van der Waals surface area (Å²) in [5.74, 6) is 0. The molecule has 10 nitrogen and oxygen atoms in total. The Morgan fingerprint density at radius 2 is 1.68 bits per heavy atom. The molecule has 148 valence electrons. The molecular formula is C15H29NO9. The van der Waals surface area contributed by atoms with Crippen LogP contribution in [0.4, 0.5) is 0 Å². The van der Waals surface area contributed by atoms with Crippen LogP contribution < -0.4 is 5.73 Å². The first kappa shape index (κ1) is 20.9. The molecule has 2 rings (SSSR count). The van der Waals surface area contributed by atoms with Gasteiger partial charge < -0.3 is 50.2 Å². The molecule has 0 unspecified atom stereocenters. The Morgan fingerprint density at radius 1 is 0.960 bits per heavy atom. The zero-order valence-electron chi connectivity index (χ0n) is 14.0. The number of nitrogens with two attached hydrogens (primary N) is 1. The summed E-state index contributed by atoms with van der Waals surface area (Å²) >= 11 is 0. The molecule has 0 radical (unpaired) electrons. The minimum absolute atomic E-state index is 0.0865. The van der Waals surface area contributed by atoms with Crippen molar-refractivity contribution in [2.24, 2.45) is 5.73 Å². The van der Waals surface area contributed by atoms with Crippen molar-refractivity contribution in [1.82, 2.24) is 0 Å². The van der Waals surface area contributed by atoms with Crippen LogP contribution >= 0.6 is 0 Å². The summed E-state index contributed by atoms with van der Waals surface area (Å²) in [5, 5.41) is 48.7. The van der Waals surface area contributed by atoms with Crippen molar-refractivity contribution >= 4 is 0 Å². The maximum Gasteiger partial charge on any atom is 0.186 e. The minimum atomic E-state index is -1.31. The third-order valence-electron chi connectivity index (χ3n) is 4.35. The fraction of sp³-hybridized carbons (Fsp3) is 1.00. The van der Waals surface area contributed by atoms with E-state index < -0.39 is 49.2 Å². The van der Waals surface area contributed by atoms with Gasteiger partial charge in [0.15, 0.2) is 12.6 Å². The van der Waals surface area contributed by atoms with Crippen molar-refractivity contribution in [3.05, 3.63) is 0 Å². The van der Waals surface area contributed by atoms with E-state index in [0.29, 0.717) is 6.42 Å². The maximum absolute atomic E-state index is 10.4. The van der Waals surface area contributed by atoms with Gasteiger partial charge >= 0.3 is 0 Å². The van der Waals surface area contributed by atoms with Gasteiger partial charge in [-0.1, -0.05) is 0 Å². The highest BCUT2D eigenvalue weighted by molar-refractivity contribution is 4.86. The highest BCUT2D eigenvalue weighted by Gasteiger charge is 2.44. The van der Waals surface area contributed by atoms with Gasteiger partial charge in [-0.2, -0.15) is 0 Å². The Bertz CT molecular complexity index is 388. The van der Waals surface area contributed by atoms with Gasteiger partial charge in [-0.25, -0.2) is 0 Å². The van der Waals surface area contributed by atoms with Crippen molar-refractivity contribution in [3.8, 4) is 0 Å². The summed E-state index contributed by atoms with van der Waals surface area (Å²) < 4.78 is 22.1. The Balaban J connectivity index is 2.03. The van der Waals surface area contributed by atoms with Crippen LogP contribution in [0, 0.1) is 0 Å². The first-order valence-electron chi connectivity index (χ1n) is 8.54. The summed E-state index contributed by atoms with van der Waals surface area (Å²) in [4.78, 5) is 0. The topological polar surface area (TPSA) is 164 Å². The molecule has 7 N–H and O–H groups in total. The second kappa shape index (κ2) is 10.1. The number of aliphatic hydroxyl groups excluding tert-OH is 5. The molecular weight excluding hydrogens is 338 g/mol. The van der Waals surface area contributed by atoms with Gasteiger partial charge in [0.25, 0.3) is 0 Å². The standard InChI is InChI=1S/C15H29NO9/c16-2-4-22-14-13(21)11(6-8(23-14)1-3-17)25-15-12(20)10(19)5-9(7-18)24-15/h8-15,17-21H,1-7,16H2/t8-,9+,10+,11+,12+,13+,14+,15-/m1/s1. The third kappa shape index (κ3) is 5.54. The van der Waals surface area contributed by atoms with Crippen LogP contribution in [-0.2, 0) is 18.9 Å². The Labute approximate surface area is 146 Å². The molecule has 0 aromatic heterocycles. The van der Waals surface area contributed by atoms with Crippen molar-refractivity contribution in [2.45, 2.75) is 68.5 Å². The lowest BCUT2D eigenvalue weighted by Crippen LogP contribution is -2.56. The van der Waals surface area contributed by atoms with E-state index in [1.807, 2.05) is 0 Å². The lowest BCUT2D eigenvalue weighted by atomic mass is 9.99. The van der Waals surface area contributed by atoms with E-state index in [4.69, 9.17) is 29.8 Å². The average Bonchev–Trinajstić information content (AvgIpc) is 2.60. The molecule has 0 aromatic carbocycles. The highest BCUT2D eigenvalue weighted by Crippen LogP contribution is 2.29. The first-order valence-corrected chi connectivity index (χ1v) is 8.54. The van der Waals surface area contributed by atoms with Gasteiger partial charge in [0, 0.05) is 26.0 Å². The van der Waals surface area contributed by atoms with E-state index in [-0.39, 0.29) is 39.2 Å². The molecule has 0 aliphatic carbocycles. The predicted octanol–water partition coefficient (Wildman–Crippen LogP) is -2.97. The van der Waals surface area contributed by atoms with E-state index in [1.54, 1.807) is 0 Å². The van der Waals surface area contributed by atoms with E-state index >= 15 is 0 Å². The van der Waals surface area contributed by atoms with Crippen LogP contribution in [0.3, 0.4) is 0 Å². The normalized spacial score (nSPS) is 42.5. The molecule has 2 aliphatic heterocycles. The number of hydrogen-bond acceptors (Lipinski definition) is 10. The van der Waals surface area contributed by atoms with Crippen LogP contribution in [0.1, 0.15) is 19.3 Å². The molecule has 2 fully saturated rings.